The number of hydrogen-bond donors (Lipinski definition) is 0. The third-order valence-corrected chi connectivity index (χ3v) is 8.39. The van der Waals surface area contributed by atoms with Crippen LogP contribution in [0.4, 0.5) is 26.3 Å². The molecule has 0 aromatic heterocycles. The Kier molecular flexibility index (Phi) is 5.13. The number of hydrogen-bond acceptors (Lipinski definition) is 0. The second-order valence-corrected chi connectivity index (χ2v) is 10.3. The molecule has 0 saturated heterocycles. The molecule has 0 spiro atoms. The van der Waals surface area contributed by atoms with E-state index in [-0.39, 0.29) is 23.0 Å². The van der Waals surface area contributed by atoms with Crippen LogP contribution in [0.2, 0.25) is 0 Å². The van der Waals surface area contributed by atoms with Gasteiger partial charge in [0.1, 0.15) is 0 Å². The zero-order valence-electron chi connectivity index (χ0n) is 19.0. The Labute approximate surface area is 195 Å². The fourth-order valence-electron chi connectivity index (χ4n) is 5.88. The first kappa shape index (κ1) is 23.3. The summed E-state index contributed by atoms with van der Waals surface area (Å²) in [7, 11) is 0. The van der Waals surface area contributed by atoms with Crippen molar-refractivity contribution in [1.82, 2.24) is 0 Å². The van der Waals surface area contributed by atoms with E-state index in [1.807, 2.05) is 18.2 Å². The molecule has 0 aliphatic heterocycles. The monoisotopic (exact) mass is 476 g/mol. The van der Waals surface area contributed by atoms with Crippen molar-refractivity contribution >= 4 is 12.2 Å². The topological polar surface area (TPSA) is 0 Å². The van der Waals surface area contributed by atoms with Crippen LogP contribution in [0.15, 0.2) is 48.6 Å². The van der Waals surface area contributed by atoms with Gasteiger partial charge in [-0.3, -0.25) is 0 Å². The van der Waals surface area contributed by atoms with E-state index in [4.69, 9.17) is 0 Å². The van der Waals surface area contributed by atoms with Gasteiger partial charge in [0.15, 0.2) is 0 Å². The highest BCUT2D eigenvalue weighted by molar-refractivity contribution is 5.67. The van der Waals surface area contributed by atoms with Crippen LogP contribution in [0.5, 0.6) is 0 Å². The molecule has 0 nitrogen and oxygen atoms in total. The summed E-state index contributed by atoms with van der Waals surface area (Å²) in [6.07, 6.45) is -0.977. The third kappa shape index (κ3) is 3.36. The molecule has 0 heterocycles. The third-order valence-electron chi connectivity index (χ3n) is 8.39. The van der Waals surface area contributed by atoms with Crippen LogP contribution in [0, 0.1) is 0 Å². The Morgan fingerprint density at radius 1 is 0.706 bits per heavy atom. The van der Waals surface area contributed by atoms with E-state index in [0.717, 1.165) is 20.3 Å². The van der Waals surface area contributed by atoms with Gasteiger partial charge in [0.05, 0.1) is 10.8 Å². The first-order valence-corrected chi connectivity index (χ1v) is 11.6. The smallest absolute Gasteiger partial charge is 0.170 e. The summed E-state index contributed by atoms with van der Waals surface area (Å²) in [4.78, 5) is 0. The van der Waals surface area contributed by atoms with E-state index in [2.05, 4.69) is 24.3 Å². The maximum Gasteiger partial charge on any atom is 0.398 e. The quantitative estimate of drug-likeness (QED) is 0.388. The number of rotatable bonds is 3. The lowest BCUT2D eigenvalue weighted by atomic mass is 9.60. The summed E-state index contributed by atoms with van der Waals surface area (Å²) in [5.74, 6) is 0.123. The Morgan fingerprint density at radius 3 is 1.79 bits per heavy atom. The minimum atomic E-state index is -4.64. The highest BCUT2D eigenvalue weighted by atomic mass is 19.4. The van der Waals surface area contributed by atoms with Gasteiger partial charge < -0.3 is 0 Å². The molecule has 4 atom stereocenters. The number of benzene rings is 2. The van der Waals surface area contributed by atoms with E-state index < -0.39 is 36.0 Å². The van der Waals surface area contributed by atoms with Crippen molar-refractivity contribution in [3.8, 4) is 0 Å². The fraction of sp³-hybridized carbons (Fsp3) is 0.429. The molecule has 5 rings (SSSR count). The number of allylic oxidation sites excluding steroid dienone is 2. The number of halogens is 6. The van der Waals surface area contributed by atoms with Crippen molar-refractivity contribution in [1.29, 1.82) is 0 Å². The van der Waals surface area contributed by atoms with Crippen LogP contribution >= 0.6 is 0 Å². The molecule has 34 heavy (non-hydrogen) atoms. The predicted octanol–water partition coefficient (Wildman–Crippen LogP) is 8.82. The van der Waals surface area contributed by atoms with Gasteiger partial charge in [0.25, 0.3) is 0 Å². The largest absolute Gasteiger partial charge is 0.398 e. The van der Waals surface area contributed by atoms with Gasteiger partial charge >= 0.3 is 12.4 Å². The molecule has 0 radical (unpaired) electrons. The molecule has 2 aromatic carbocycles. The van der Waals surface area contributed by atoms with Gasteiger partial charge in [0, 0.05) is 11.8 Å². The van der Waals surface area contributed by atoms with Crippen molar-refractivity contribution < 1.29 is 26.3 Å². The average molecular weight is 477 g/mol. The summed E-state index contributed by atoms with van der Waals surface area (Å²) in [6, 6.07) is 10.9. The van der Waals surface area contributed by atoms with Gasteiger partial charge in [0.2, 0.25) is 0 Å². The van der Waals surface area contributed by atoms with E-state index in [1.54, 1.807) is 6.08 Å². The molecule has 2 aromatic rings. The zero-order chi connectivity index (χ0) is 24.5. The first-order chi connectivity index (χ1) is 15.9. The molecule has 180 valence electrons. The van der Waals surface area contributed by atoms with Crippen LogP contribution in [0.3, 0.4) is 0 Å². The molecule has 6 heteroatoms. The summed E-state index contributed by atoms with van der Waals surface area (Å²) in [5.41, 5.74) is -1.33. The molecule has 4 unspecified atom stereocenters. The minimum Gasteiger partial charge on any atom is -0.170 e. The van der Waals surface area contributed by atoms with Crippen molar-refractivity contribution in [2.75, 3.05) is 0 Å². The van der Waals surface area contributed by atoms with Crippen molar-refractivity contribution in [3.05, 3.63) is 81.9 Å². The maximum atomic E-state index is 14.2. The van der Waals surface area contributed by atoms with Gasteiger partial charge in [-0.15, -0.1) is 0 Å². The SMILES string of the molecule is CC1(C(F)(F)F)CCC(C)(C(F)(F)F)c2cc3c(cc21)C=CC3CCC1C=Cc2ccccc21. The Morgan fingerprint density at radius 2 is 1.21 bits per heavy atom. The maximum absolute atomic E-state index is 14.2. The Bertz CT molecular complexity index is 1180. The molecule has 0 amide bonds. The minimum absolute atomic E-state index is 0.113. The summed E-state index contributed by atoms with van der Waals surface area (Å²) in [6.45, 7) is 2.08. The van der Waals surface area contributed by atoms with Crippen LogP contribution in [0.1, 0.15) is 84.7 Å². The highest BCUT2D eigenvalue weighted by Crippen LogP contribution is 2.58. The Hall–Kier alpha value is -2.50. The normalized spacial score (nSPS) is 29.8. The molecular formula is C28H26F6. The highest BCUT2D eigenvalue weighted by Gasteiger charge is 2.63. The summed E-state index contributed by atoms with van der Waals surface area (Å²) < 4.78 is 84.8. The van der Waals surface area contributed by atoms with Crippen molar-refractivity contribution in [3.63, 3.8) is 0 Å². The number of alkyl halides is 6. The van der Waals surface area contributed by atoms with Gasteiger partial charge in [-0.25, -0.2) is 0 Å². The summed E-state index contributed by atoms with van der Waals surface area (Å²) in [5, 5.41) is 0. The van der Waals surface area contributed by atoms with E-state index in [0.29, 0.717) is 17.5 Å². The van der Waals surface area contributed by atoms with Gasteiger partial charge in [-0.2, -0.15) is 26.3 Å². The lowest BCUT2D eigenvalue weighted by Gasteiger charge is -2.46. The molecule has 3 aliphatic rings. The molecule has 0 saturated carbocycles. The number of fused-ring (bicyclic) bond motifs is 3. The van der Waals surface area contributed by atoms with Gasteiger partial charge in [-0.1, -0.05) is 60.7 Å². The van der Waals surface area contributed by atoms with Crippen LogP contribution in [0.25, 0.3) is 12.2 Å². The zero-order valence-corrected chi connectivity index (χ0v) is 19.0. The summed E-state index contributed by atoms with van der Waals surface area (Å²) >= 11 is 0. The van der Waals surface area contributed by atoms with Crippen molar-refractivity contribution in [2.24, 2.45) is 0 Å². The molecule has 0 N–H and O–H groups in total. The first-order valence-electron chi connectivity index (χ1n) is 11.6. The molecule has 0 fully saturated rings. The Balaban J connectivity index is 1.51. The van der Waals surface area contributed by atoms with Gasteiger partial charge in [-0.05, 0) is 72.9 Å². The van der Waals surface area contributed by atoms with E-state index in [9.17, 15) is 26.3 Å². The fourth-order valence-corrected chi connectivity index (χ4v) is 5.88. The van der Waals surface area contributed by atoms with Crippen LogP contribution in [-0.4, -0.2) is 12.4 Å². The van der Waals surface area contributed by atoms with Crippen molar-refractivity contribution in [2.45, 2.75) is 74.5 Å². The average Bonchev–Trinajstić information content (AvgIpc) is 3.36. The molecule has 0 bridgehead atoms. The van der Waals surface area contributed by atoms with E-state index in [1.165, 1.54) is 23.3 Å². The van der Waals surface area contributed by atoms with E-state index >= 15 is 0 Å². The second-order valence-electron chi connectivity index (χ2n) is 10.3. The lowest BCUT2D eigenvalue weighted by Crippen LogP contribution is -2.51. The second kappa shape index (κ2) is 7.50. The van der Waals surface area contributed by atoms with Crippen LogP contribution in [-0.2, 0) is 10.8 Å². The molecular weight excluding hydrogens is 450 g/mol. The van der Waals surface area contributed by atoms with Crippen LogP contribution < -0.4 is 0 Å². The standard InChI is InChI=1S/C28H26F6/c1-25(27(29,30)31)13-14-26(2,28(32,33)34)24-16-22-19(11-12-20(22)15-23(24)25)10-9-18-8-7-17-5-3-4-6-21(17)18/h3-8,11-12,15-16,18-19H,9-10,13-14H2,1-2H3. The predicted molar refractivity (Wildman–Crippen MR) is 122 cm³/mol. The lowest BCUT2D eigenvalue weighted by molar-refractivity contribution is -0.214. The molecule has 3 aliphatic carbocycles.